The first-order valence-corrected chi connectivity index (χ1v) is 9.37. The van der Waals surface area contributed by atoms with Gasteiger partial charge in [-0.15, -0.1) is 24.0 Å². The van der Waals surface area contributed by atoms with Crippen molar-refractivity contribution in [1.82, 2.24) is 16.0 Å². The maximum atomic E-state index is 14.0. The lowest BCUT2D eigenvalue weighted by atomic mass is 10.1. The Morgan fingerprint density at radius 3 is 2.57 bits per heavy atom. The minimum absolute atomic E-state index is 0. The molecule has 0 heterocycles. The molecule has 2 atom stereocenters. The second-order valence-corrected chi connectivity index (χ2v) is 6.56. The van der Waals surface area contributed by atoms with Crippen molar-refractivity contribution in [2.45, 2.75) is 45.7 Å². The molecule has 1 saturated carbocycles. The summed E-state index contributed by atoms with van der Waals surface area (Å²) in [6, 6.07) is 3.01. The van der Waals surface area contributed by atoms with Crippen molar-refractivity contribution in [1.29, 1.82) is 0 Å². The van der Waals surface area contributed by atoms with E-state index in [2.05, 4.69) is 20.9 Å². The van der Waals surface area contributed by atoms with E-state index in [-0.39, 0.29) is 30.0 Å². The van der Waals surface area contributed by atoms with Crippen LogP contribution in [0.5, 0.6) is 0 Å². The quantitative estimate of drug-likeness (QED) is 0.283. The molecule has 6 nitrogen and oxygen atoms in total. The van der Waals surface area contributed by atoms with Gasteiger partial charge in [0.05, 0.1) is 25.2 Å². The number of rotatable bonds is 8. The summed E-state index contributed by atoms with van der Waals surface area (Å²) < 4.78 is 32.0. The Balaban J connectivity index is 0.00000392. The summed E-state index contributed by atoms with van der Waals surface area (Å²) in [6.07, 6.45) is 1.66. The van der Waals surface area contributed by atoms with Crippen LogP contribution in [-0.4, -0.2) is 37.8 Å². The number of halogens is 3. The molecule has 1 aromatic rings. The monoisotopic (exact) mass is 510 g/mol. The number of guanidine groups is 1. The molecule has 158 valence electrons. The van der Waals surface area contributed by atoms with E-state index in [0.29, 0.717) is 37.1 Å². The van der Waals surface area contributed by atoms with Gasteiger partial charge in [0.15, 0.2) is 5.96 Å². The van der Waals surface area contributed by atoms with Gasteiger partial charge in [-0.25, -0.2) is 13.6 Å². The second kappa shape index (κ2) is 12.0. The molecule has 1 aliphatic carbocycles. The molecule has 3 N–H and O–H groups in total. The molecule has 1 fully saturated rings. The van der Waals surface area contributed by atoms with E-state index < -0.39 is 23.8 Å². The highest BCUT2D eigenvalue weighted by molar-refractivity contribution is 14.0. The Hall–Kier alpha value is -1.65. The first-order chi connectivity index (χ1) is 12.9. The smallest absolute Gasteiger partial charge is 0.407 e. The summed E-state index contributed by atoms with van der Waals surface area (Å²) in [4.78, 5) is 16.2. The summed E-state index contributed by atoms with van der Waals surface area (Å²) in [5, 5.41) is 9.08. The van der Waals surface area contributed by atoms with Crippen molar-refractivity contribution >= 4 is 36.0 Å². The Bertz CT molecular complexity index is 671. The van der Waals surface area contributed by atoms with Crippen LogP contribution in [0.25, 0.3) is 0 Å². The summed E-state index contributed by atoms with van der Waals surface area (Å²) in [6.45, 7) is 6.79. The van der Waals surface area contributed by atoms with E-state index >= 15 is 0 Å². The van der Waals surface area contributed by atoms with Gasteiger partial charge in [0.2, 0.25) is 0 Å². The van der Waals surface area contributed by atoms with E-state index in [4.69, 9.17) is 4.74 Å². The number of benzene rings is 1. The number of alkyl carbamates (subject to hydrolysis) is 1. The van der Waals surface area contributed by atoms with Crippen molar-refractivity contribution < 1.29 is 18.3 Å². The molecule has 0 bridgehead atoms. The molecular weight excluding hydrogens is 481 g/mol. The van der Waals surface area contributed by atoms with Gasteiger partial charge in [-0.2, -0.15) is 0 Å². The molecule has 28 heavy (non-hydrogen) atoms. The van der Waals surface area contributed by atoms with Crippen LogP contribution in [0.15, 0.2) is 23.2 Å². The van der Waals surface area contributed by atoms with E-state index in [9.17, 15) is 13.6 Å². The number of hydrogen-bond donors (Lipinski definition) is 3. The number of aliphatic imine (C=N–C) groups is 1. The van der Waals surface area contributed by atoms with Gasteiger partial charge in [0.25, 0.3) is 0 Å². The highest BCUT2D eigenvalue weighted by Gasteiger charge is 2.32. The van der Waals surface area contributed by atoms with E-state index in [1.54, 1.807) is 13.8 Å². The first-order valence-electron chi connectivity index (χ1n) is 9.37. The molecule has 0 radical (unpaired) electrons. The Morgan fingerprint density at radius 2 is 2.00 bits per heavy atom. The topological polar surface area (TPSA) is 74.8 Å². The third-order valence-electron chi connectivity index (χ3n) is 4.34. The van der Waals surface area contributed by atoms with E-state index in [1.165, 1.54) is 12.1 Å². The maximum Gasteiger partial charge on any atom is 0.407 e. The van der Waals surface area contributed by atoms with E-state index in [0.717, 1.165) is 18.9 Å². The number of carbonyl (C=O) groups excluding carboxylic acids is 1. The average Bonchev–Trinajstić information content (AvgIpc) is 3.43. The second-order valence-electron chi connectivity index (χ2n) is 6.56. The van der Waals surface area contributed by atoms with Gasteiger partial charge in [0, 0.05) is 18.2 Å². The number of carbonyl (C=O) groups is 1. The first kappa shape index (κ1) is 24.4. The fourth-order valence-electron chi connectivity index (χ4n) is 2.78. The number of nitrogens with one attached hydrogen (secondary N) is 3. The third-order valence-corrected chi connectivity index (χ3v) is 4.34. The van der Waals surface area contributed by atoms with Crippen LogP contribution >= 0.6 is 24.0 Å². The molecule has 0 aliphatic heterocycles. The van der Waals surface area contributed by atoms with Gasteiger partial charge in [0.1, 0.15) is 11.6 Å². The van der Waals surface area contributed by atoms with Gasteiger partial charge in [-0.1, -0.05) is 6.07 Å². The Kier molecular flexibility index (Phi) is 10.5. The number of ether oxygens (including phenoxy) is 1. The van der Waals surface area contributed by atoms with Crippen LogP contribution < -0.4 is 16.0 Å². The number of hydrogen-bond acceptors (Lipinski definition) is 3. The summed E-state index contributed by atoms with van der Waals surface area (Å²) in [7, 11) is 0. The Labute approximate surface area is 181 Å². The van der Waals surface area contributed by atoms with Crippen molar-refractivity contribution in [3.63, 3.8) is 0 Å². The number of amides is 1. The minimum atomic E-state index is -0.610. The standard InChI is InChI=1S/C19H28F2N4O2.HI/c1-4-22-18(24-12(3)15-9-8-14(20)10-16(15)21)23-11-17(13-6-7-13)25-19(26)27-5-2;/h8-10,12-13,17H,4-7,11H2,1-3H3,(H,25,26)(H2,22,23,24);1H. The molecule has 9 heteroatoms. The third kappa shape index (κ3) is 7.76. The van der Waals surface area contributed by atoms with Crippen LogP contribution in [0, 0.1) is 17.6 Å². The number of nitrogens with zero attached hydrogens (tertiary/aromatic N) is 1. The van der Waals surface area contributed by atoms with Crippen LogP contribution in [0.1, 0.15) is 45.2 Å². The maximum absolute atomic E-state index is 14.0. The summed E-state index contributed by atoms with van der Waals surface area (Å²) in [5.41, 5.74) is 0.352. The summed E-state index contributed by atoms with van der Waals surface area (Å²) >= 11 is 0. The molecule has 2 rings (SSSR count). The van der Waals surface area contributed by atoms with Gasteiger partial charge >= 0.3 is 6.09 Å². The lowest BCUT2D eigenvalue weighted by Crippen LogP contribution is -2.42. The fourth-order valence-corrected chi connectivity index (χ4v) is 2.78. The zero-order chi connectivity index (χ0) is 19.8. The minimum Gasteiger partial charge on any atom is -0.450 e. The lowest BCUT2D eigenvalue weighted by molar-refractivity contribution is 0.147. The molecule has 1 amide bonds. The van der Waals surface area contributed by atoms with Crippen LogP contribution in [0.3, 0.4) is 0 Å². The highest BCUT2D eigenvalue weighted by atomic mass is 127. The van der Waals surface area contributed by atoms with E-state index in [1.807, 2.05) is 6.92 Å². The molecule has 1 aliphatic rings. The Morgan fingerprint density at radius 1 is 1.29 bits per heavy atom. The molecule has 0 saturated heterocycles. The lowest BCUT2D eigenvalue weighted by Gasteiger charge is -2.20. The molecule has 1 aromatic carbocycles. The van der Waals surface area contributed by atoms with Gasteiger partial charge < -0.3 is 20.7 Å². The largest absolute Gasteiger partial charge is 0.450 e. The van der Waals surface area contributed by atoms with Gasteiger partial charge in [-0.05, 0) is 45.6 Å². The molecule has 0 aromatic heterocycles. The van der Waals surface area contributed by atoms with Crippen molar-refractivity contribution in [2.24, 2.45) is 10.9 Å². The SMILES string of the molecule is CCNC(=NCC(NC(=O)OCC)C1CC1)NC(C)c1ccc(F)cc1F.I. The van der Waals surface area contributed by atoms with Crippen molar-refractivity contribution in [2.75, 3.05) is 19.7 Å². The fraction of sp³-hybridized carbons (Fsp3) is 0.579. The normalized spacial score (nSPS) is 15.8. The zero-order valence-corrected chi connectivity index (χ0v) is 18.8. The van der Waals surface area contributed by atoms with Crippen molar-refractivity contribution in [3.05, 3.63) is 35.4 Å². The van der Waals surface area contributed by atoms with Crippen LogP contribution in [-0.2, 0) is 4.74 Å². The van der Waals surface area contributed by atoms with Gasteiger partial charge in [-0.3, -0.25) is 4.99 Å². The average molecular weight is 510 g/mol. The zero-order valence-electron chi connectivity index (χ0n) is 16.4. The van der Waals surface area contributed by atoms with Crippen LogP contribution in [0.2, 0.25) is 0 Å². The highest BCUT2D eigenvalue weighted by Crippen LogP contribution is 2.32. The van der Waals surface area contributed by atoms with Crippen LogP contribution in [0.4, 0.5) is 13.6 Å². The summed E-state index contributed by atoms with van der Waals surface area (Å²) in [5.74, 6) is -0.315. The predicted octanol–water partition coefficient (Wildman–Crippen LogP) is 3.72. The van der Waals surface area contributed by atoms with Crippen molar-refractivity contribution in [3.8, 4) is 0 Å². The predicted molar refractivity (Wildman–Crippen MR) is 116 cm³/mol. The molecule has 2 unspecified atom stereocenters. The molecule has 0 spiro atoms. The molecular formula is C19H29F2IN4O2.